The van der Waals surface area contributed by atoms with Gasteiger partial charge in [-0.15, -0.1) is 0 Å². The summed E-state index contributed by atoms with van der Waals surface area (Å²) >= 11 is 0. The summed E-state index contributed by atoms with van der Waals surface area (Å²) in [5, 5.41) is 80.2. The topological polar surface area (TPSA) is 237 Å². The minimum Gasteiger partial charge on any atom is -0.508 e. The molecule has 0 radical (unpaired) electrons. The highest BCUT2D eigenvalue weighted by Gasteiger charge is 2.47. The first-order chi connectivity index (χ1) is 19.8. The molecule has 2 heterocycles. The summed E-state index contributed by atoms with van der Waals surface area (Å²) in [6.07, 6.45) is -8.18. The van der Waals surface area contributed by atoms with Gasteiger partial charge in [0.15, 0.2) is 35.2 Å². The zero-order valence-electron chi connectivity index (χ0n) is 21.5. The van der Waals surface area contributed by atoms with Gasteiger partial charge >= 0.3 is 5.97 Å². The summed E-state index contributed by atoms with van der Waals surface area (Å²) in [7, 11) is 0. The molecule has 1 saturated heterocycles. The van der Waals surface area contributed by atoms with Crippen LogP contribution >= 0.6 is 0 Å². The van der Waals surface area contributed by atoms with Crippen molar-refractivity contribution in [3.63, 3.8) is 0 Å². The summed E-state index contributed by atoms with van der Waals surface area (Å²) < 4.78 is 22.4. The average molecular weight is 584 g/mol. The number of benzene rings is 3. The maximum absolute atomic E-state index is 13.6. The van der Waals surface area contributed by atoms with E-state index in [2.05, 4.69) is 0 Å². The summed E-state index contributed by atoms with van der Waals surface area (Å²) in [6.45, 7) is 1.37. The number of phenolic OH excluding ortho intramolecular Hbond substituents is 6. The molecular formula is C28H24O14. The third-order valence-corrected chi connectivity index (χ3v) is 6.61. The van der Waals surface area contributed by atoms with Gasteiger partial charge in [0.1, 0.15) is 34.3 Å². The normalized spacial score (nSPS) is 22.1. The fourth-order valence-electron chi connectivity index (χ4n) is 4.44. The number of hydrogen-bond acceptors (Lipinski definition) is 14. The van der Waals surface area contributed by atoms with Crippen LogP contribution in [0, 0.1) is 0 Å². The predicted octanol–water partition coefficient (Wildman–Crippen LogP) is 1.76. The van der Waals surface area contributed by atoms with Gasteiger partial charge < -0.3 is 59.5 Å². The molecule has 14 nitrogen and oxygen atoms in total. The number of hydrogen-bond donors (Lipinski definition) is 8. The molecule has 5 atom stereocenters. The molecule has 0 spiro atoms. The molecule has 1 fully saturated rings. The zero-order chi connectivity index (χ0) is 30.5. The predicted molar refractivity (Wildman–Crippen MR) is 141 cm³/mol. The highest BCUT2D eigenvalue weighted by molar-refractivity contribution is 5.91. The van der Waals surface area contributed by atoms with Crippen LogP contribution in [-0.4, -0.2) is 77.5 Å². The van der Waals surface area contributed by atoms with Crippen LogP contribution in [0.2, 0.25) is 0 Å². The standard InChI is InChI=1S/C28H24O14/c1-10-20(34)25(41-27(38)12-6-16(32)21(35)17(33)7-12)23(37)28(39-10)42-26-22(36)19-15(31)8-14(30)9-18(19)40-24(26)11-2-4-13(29)5-3-11/h2-10,20,23,25,28-35,37H,1H3. The number of fused-ring (bicyclic) bond motifs is 1. The molecule has 0 bridgehead atoms. The Balaban J connectivity index is 1.53. The number of carbonyl (C=O) groups is 1. The van der Waals surface area contributed by atoms with Gasteiger partial charge in [-0.1, -0.05) is 0 Å². The first kappa shape index (κ1) is 28.4. The van der Waals surface area contributed by atoms with Crippen molar-refractivity contribution in [3.05, 3.63) is 64.3 Å². The Morgan fingerprint density at radius 2 is 1.48 bits per heavy atom. The van der Waals surface area contributed by atoms with E-state index in [9.17, 15) is 50.4 Å². The van der Waals surface area contributed by atoms with Crippen molar-refractivity contribution in [1.82, 2.24) is 0 Å². The molecule has 0 aliphatic carbocycles. The molecule has 1 aromatic heterocycles. The van der Waals surface area contributed by atoms with Crippen LogP contribution < -0.4 is 10.2 Å². The van der Waals surface area contributed by atoms with E-state index in [1.165, 1.54) is 31.2 Å². The maximum Gasteiger partial charge on any atom is 0.338 e. The van der Waals surface area contributed by atoms with E-state index in [1.807, 2.05) is 0 Å². The van der Waals surface area contributed by atoms with Crippen molar-refractivity contribution in [2.45, 2.75) is 37.6 Å². The van der Waals surface area contributed by atoms with Crippen molar-refractivity contribution in [2.75, 3.05) is 0 Å². The molecule has 5 unspecified atom stereocenters. The molecule has 8 N–H and O–H groups in total. The van der Waals surface area contributed by atoms with Crippen LogP contribution in [-0.2, 0) is 9.47 Å². The van der Waals surface area contributed by atoms with Gasteiger partial charge in [-0.05, 0) is 43.3 Å². The molecule has 42 heavy (non-hydrogen) atoms. The second kappa shape index (κ2) is 10.7. The summed E-state index contributed by atoms with van der Waals surface area (Å²) in [4.78, 5) is 26.3. The fraction of sp³-hybridized carbons (Fsp3) is 0.214. The molecular weight excluding hydrogens is 560 g/mol. The molecule has 5 rings (SSSR count). The van der Waals surface area contributed by atoms with Crippen molar-refractivity contribution in [3.8, 4) is 51.6 Å². The Hall–Kier alpha value is -5.18. The molecule has 0 saturated carbocycles. The van der Waals surface area contributed by atoms with Gasteiger partial charge in [0.25, 0.3) is 0 Å². The molecule has 220 valence electrons. The monoisotopic (exact) mass is 584 g/mol. The van der Waals surface area contributed by atoms with Crippen LogP contribution in [0.25, 0.3) is 22.3 Å². The third-order valence-electron chi connectivity index (χ3n) is 6.61. The number of phenols is 6. The first-order valence-corrected chi connectivity index (χ1v) is 12.3. The number of aliphatic hydroxyl groups excluding tert-OH is 2. The van der Waals surface area contributed by atoms with E-state index in [1.54, 1.807) is 0 Å². The van der Waals surface area contributed by atoms with Crippen molar-refractivity contribution >= 4 is 16.9 Å². The van der Waals surface area contributed by atoms with Crippen LogP contribution in [0.5, 0.6) is 40.2 Å². The summed E-state index contributed by atoms with van der Waals surface area (Å²) in [5.41, 5.74) is -1.37. The van der Waals surface area contributed by atoms with Crippen LogP contribution in [0.3, 0.4) is 0 Å². The maximum atomic E-state index is 13.6. The van der Waals surface area contributed by atoms with E-state index < -0.39 is 82.2 Å². The van der Waals surface area contributed by atoms with E-state index in [0.29, 0.717) is 0 Å². The Kier molecular flexibility index (Phi) is 7.20. The molecule has 3 aromatic carbocycles. The van der Waals surface area contributed by atoms with Gasteiger partial charge in [-0.25, -0.2) is 4.79 Å². The van der Waals surface area contributed by atoms with Crippen molar-refractivity contribution in [2.24, 2.45) is 0 Å². The minimum absolute atomic E-state index is 0.103. The smallest absolute Gasteiger partial charge is 0.338 e. The van der Waals surface area contributed by atoms with Gasteiger partial charge in [0.05, 0.1) is 11.7 Å². The highest BCUT2D eigenvalue weighted by Crippen LogP contribution is 2.38. The minimum atomic E-state index is -1.93. The largest absolute Gasteiger partial charge is 0.508 e. The molecule has 1 aliphatic rings. The Bertz CT molecular complexity index is 1700. The van der Waals surface area contributed by atoms with Crippen LogP contribution in [0.4, 0.5) is 0 Å². The quantitative estimate of drug-likeness (QED) is 0.123. The number of rotatable bonds is 5. The second-order valence-corrected chi connectivity index (χ2v) is 9.52. The Labute approximate surface area is 235 Å². The lowest BCUT2D eigenvalue weighted by atomic mass is 9.99. The van der Waals surface area contributed by atoms with Crippen molar-refractivity contribution < 1.29 is 64.3 Å². The van der Waals surface area contributed by atoms with Crippen LogP contribution in [0.15, 0.2) is 57.7 Å². The van der Waals surface area contributed by atoms with E-state index in [-0.39, 0.29) is 28.0 Å². The number of esters is 1. The van der Waals surface area contributed by atoms with Gasteiger partial charge in [0, 0.05) is 17.7 Å². The molecule has 14 heteroatoms. The Morgan fingerprint density at radius 1 is 0.833 bits per heavy atom. The van der Waals surface area contributed by atoms with E-state index in [0.717, 1.165) is 24.3 Å². The average Bonchev–Trinajstić information content (AvgIpc) is 2.93. The van der Waals surface area contributed by atoms with E-state index >= 15 is 0 Å². The summed E-state index contributed by atoms with van der Waals surface area (Å²) in [6, 6.07) is 8.93. The fourth-order valence-corrected chi connectivity index (χ4v) is 4.44. The van der Waals surface area contributed by atoms with Crippen LogP contribution in [0.1, 0.15) is 17.3 Å². The molecule has 1 aliphatic heterocycles. The lowest BCUT2D eigenvalue weighted by Gasteiger charge is -2.40. The number of aromatic hydroxyl groups is 6. The molecule has 4 aromatic rings. The van der Waals surface area contributed by atoms with Gasteiger partial charge in [-0.2, -0.15) is 0 Å². The lowest BCUT2D eigenvalue weighted by molar-refractivity contribution is -0.267. The zero-order valence-corrected chi connectivity index (χ0v) is 21.5. The number of carbonyl (C=O) groups excluding carboxylic acids is 1. The number of aliphatic hydroxyl groups is 2. The third kappa shape index (κ3) is 5.05. The lowest BCUT2D eigenvalue weighted by Crippen LogP contribution is -2.59. The Morgan fingerprint density at radius 3 is 2.12 bits per heavy atom. The highest BCUT2D eigenvalue weighted by atomic mass is 16.7. The summed E-state index contributed by atoms with van der Waals surface area (Å²) in [5.74, 6) is -5.69. The van der Waals surface area contributed by atoms with Crippen molar-refractivity contribution in [1.29, 1.82) is 0 Å². The first-order valence-electron chi connectivity index (χ1n) is 12.3. The second-order valence-electron chi connectivity index (χ2n) is 9.52. The SMILES string of the molecule is CC1OC(Oc2c(-c3ccc(O)cc3)oc3cc(O)cc(O)c3c2=O)C(O)C(OC(=O)c2cc(O)c(O)c(O)c2)C1O. The van der Waals surface area contributed by atoms with E-state index in [4.69, 9.17) is 18.6 Å². The number of ether oxygens (including phenoxy) is 3. The van der Waals surface area contributed by atoms with Gasteiger partial charge in [-0.3, -0.25) is 4.79 Å². The molecule has 0 amide bonds. The van der Waals surface area contributed by atoms with Gasteiger partial charge in [0.2, 0.25) is 17.5 Å².